The molecule has 0 amide bonds. The van der Waals surface area contributed by atoms with Crippen molar-refractivity contribution in [2.75, 3.05) is 30.9 Å². The van der Waals surface area contributed by atoms with Gasteiger partial charge in [-0.3, -0.25) is 4.99 Å². The van der Waals surface area contributed by atoms with Crippen LogP contribution in [0.4, 0.5) is 30.2 Å². The number of anilines is 2. The highest BCUT2D eigenvalue weighted by Crippen LogP contribution is 2.55. The van der Waals surface area contributed by atoms with E-state index in [1.165, 1.54) is 6.07 Å². The van der Waals surface area contributed by atoms with Gasteiger partial charge in [-0.05, 0) is 61.2 Å². The molecule has 1 spiro atoms. The summed E-state index contributed by atoms with van der Waals surface area (Å²) < 4.78 is 46.0. The van der Waals surface area contributed by atoms with Crippen LogP contribution >= 0.6 is 0 Å². The fourth-order valence-corrected chi connectivity index (χ4v) is 4.86. The Labute approximate surface area is 184 Å². The van der Waals surface area contributed by atoms with Crippen molar-refractivity contribution in [2.24, 2.45) is 4.99 Å². The second kappa shape index (κ2) is 6.40. The molecule has 2 aliphatic rings. The van der Waals surface area contributed by atoms with Crippen LogP contribution in [-0.2, 0) is 11.6 Å². The van der Waals surface area contributed by atoms with Crippen molar-refractivity contribution < 1.29 is 17.9 Å². The third-order valence-electron chi connectivity index (χ3n) is 6.84. The first-order valence-corrected chi connectivity index (χ1v) is 10.4. The number of rotatable bonds is 1. The molecule has 0 saturated heterocycles. The Hall–Kier alpha value is -3.22. The third kappa shape index (κ3) is 2.66. The average Bonchev–Trinajstić information content (AvgIpc) is 2.90. The van der Waals surface area contributed by atoms with E-state index < -0.39 is 22.9 Å². The number of nitrogens with zero attached hydrogens (tertiary/aromatic N) is 3. The van der Waals surface area contributed by atoms with Crippen LogP contribution in [0.5, 0.6) is 5.75 Å². The third-order valence-corrected chi connectivity index (χ3v) is 6.84. The predicted molar refractivity (Wildman–Crippen MR) is 123 cm³/mol. The molecule has 0 radical (unpaired) electrons. The minimum absolute atomic E-state index is 0.431. The van der Waals surface area contributed by atoms with Gasteiger partial charge in [0.25, 0.3) is 0 Å². The monoisotopic (exact) mass is 439 g/mol. The fraction of sp³-hybridized carbons (Fsp3) is 0.320. The standard InChI is InChI=1S/C25H24F3N3O/c1-23(2)19-13-17(30(3)4)8-10-20(19)31(5)24(23)14-29-22-18-9-7-16(25(26,27)28)12-15(18)6-11-21(22)32-24/h6-14H,1-5H3. The Bertz CT molecular complexity index is 1280. The normalized spacial score (nSPS) is 20.9. The molecule has 7 heteroatoms. The van der Waals surface area contributed by atoms with E-state index in [1.807, 2.05) is 21.1 Å². The average molecular weight is 439 g/mol. The number of benzene rings is 3. The Morgan fingerprint density at radius 2 is 1.75 bits per heavy atom. The molecular formula is C25H24F3N3O. The Morgan fingerprint density at radius 1 is 1.00 bits per heavy atom. The summed E-state index contributed by atoms with van der Waals surface area (Å²) in [6.07, 6.45) is -2.59. The first kappa shape index (κ1) is 20.7. The predicted octanol–water partition coefficient (Wildman–Crippen LogP) is 6.14. The van der Waals surface area contributed by atoms with Crippen molar-refractivity contribution in [3.63, 3.8) is 0 Å². The van der Waals surface area contributed by atoms with Crippen LogP contribution in [-0.4, -0.2) is 33.1 Å². The van der Waals surface area contributed by atoms with E-state index in [-0.39, 0.29) is 0 Å². The number of hydrogen-bond donors (Lipinski definition) is 0. The molecule has 0 saturated carbocycles. The summed E-state index contributed by atoms with van der Waals surface area (Å²) in [6.45, 7) is 4.25. The molecule has 0 bridgehead atoms. The number of hydrogen-bond acceptors (Lipinski definition) is 4. The first-order chi connectivity index (χ1) is 15.0. The highest BCUT2D eigenvalue weighted by molar-refractivity contribution is 6.00. The largest absolute Gasteiger partial charge is 0.459 e. The molecule has 1 unspecified atom stereocenters. The highest BCUT2D eigenvalue weighted by Gasteiger charge is 2.58. The van der Waals surface area contributed by atoms with Crippen molar-refractivity contribution in [2.45, 2.75) is 31.2 Å². The van der Waals surface area contributed by atoms with E-state index in [1.54, 1.807) is 18.3 Å². The van der Waals surface area contributed by atoms with Crippen molar-refractivity contribution in [3.8, 4) is 5.75 Å². The molecule has 5 rings (SSSR count). The maximum absolute atomic E-state index is 13.1. The van der Waals surface area contributed by atoms with Gasteiger partial charge in [0.15, 0.2) is 0 Å². The minimum Gasteiger partial charge on any atom is -0.459 e. The Kier molecular flexibility index (Phi) is 4.14. The molecule has 2 heterocycles. The van der Waals surface area contributed by atoms with Gasteiger partial charge >= 0.3 is 6.18 Å². The number of likely N-dealkylation sites (N-methyl/N-ethyl adjacent to an activating group) is 1. The second-order valence-electron chi connectivity index (χ2n) is 9.18. The van der Waals surface area contributed by atoms with E-state index in [4.69, 9.17) is 9.73 Å². The van der Waals surface area contributed by atoms with Gasteiger partial charge in [0.1, 0.15) is 11.4 Å². The van der Waals surface area contributed by atoms with Crippen molar-refractivity contribution in [1.29, 1.82) is 0 Å². The zero-order valence-corrected chi connectivity index (χ0v) is 18.6. The molecule has 32 heavy (non-hydrogen) atoms. The Morgan fingerprint density at radius 3 is 2.44 bits per heavy atom. The lowest BCUT2D eigenvalue weighted by atomic mass is 9.77. The molecule has 4 nitrogen and oxygen atoms in total. The van der Waals surface area contributed by atoms with Crippen LogP contribution < -0.4 is 14.5 Å². The summed E-state index contributed by atoms with van der Waals surface area (Å²) >= 11 is 0. The fourth-order valence-electron chi connectivity index (χ4n) is 4.86. The molecule has 166 valence electrons. The summed E-state index contributed by atoms with van der Waals surface area (Å²) in [6, 6.07) is 13.4. The van der Waals surface area contributed by atoms with Crippen LogP contribution in [0.15, 0.2) is 53.5 Å². The molecule has 0 N–H and O–H groups in total. The van der Waals surface area contributed by atoms with Crippen molar-refractivity contribution >= 4 is 34.0 Å². The molecule has 3 aromatic carbocycles. The van der Waals surface area contributed by atoms with E-state index in [0.717, 1.165) is 29.1 Å². The lowest BCUT2D eigenvalue weighted by Crippen LogP contribution is -2.61. The molecule has 2 aliphatic heterocycles. The zero-order valence-electron chi connectivity index (χ0n) is 18.6. The van der Waals surface area contributed by atoms with Crippen LogP contribution in [0, 0.1) is 0 Å². The first-order valence-electron chi connectivity index (χ1n) is 10.4. The lowest BCUT2D eigenvalue weighted by Gasteiger charge is -2.45. The van der Waals surface area contributed by atoms with Gasteiger partial charge in [0.2, 0.25) is 5.72 Å². The van der Waals surface area contributed by atoms with Crippen molar-refractivity contribution in [3.05, 3.63) is 59.7 Å². The van der Waals surface area contributed by atoms with E-state index >= 15 is 0 Å². The summed E-state index contributed by atoms with van der Waals surface area (Å²) in [5.74, 6) is 0.556. The molecule has 0 aliphatic carbocycles. The SMILES string of the molecule is CN(C)c1ccc2c(c1)C(C)(C)C1(C=Nc3c(ccc4cc(C(F)(F)F)ccc34)O1)N2C. The zero-order chi connectivity index (χ0) is 23.1. The van der Waals surface area contributed by atoms with Gasteiger partial charge in [0.05, 0.1) is 17.2 Å². The topological polar surface area (TPSA) is 28.1 Å². The van der Waals surface area contributed by atoms with E-state index in [0.29, 0.717) is 22.2 Å². The van der Waals surface area contributed by atoms with Gasteiger partial charge < -0.3 is 14.5 Å². The van der Waals surface area contributed by atoms with Crippen LogP contribution in [0.1, 0.15) is 25.0 Å². The molecular weight excluding hydrogens is 415 g/mol. The van der Waals surface area contributed by atoms with Gasteiger partial charge in [-0.1, -0.05) is 12.1 Å². The van der Waals surface area contributed by atoms with Crippen LogP contribution in [0.3, 0.4) is 0 Å². The van der Waals surface area contributed by atoms with Gasteiger partial charge in [-0.2, -0.15) is 13.2 Å². The number of aliphatic imine (C=N–C) groups is 1. The quantitative estimate of drug-likeness (QED) is 0.456. The maximum Gasteiger partial charge on any atom is 0.416 e. The van der Waals surface area contributed by atoms with Crippen molar-refractivity contribution in [1.82, 2.24) is 0 Å². The maximum atomic E-state index is 13.1. The number of alkyl halides is 3. The molecule has 3 aromatic rings. The highest BCUT2D eigenvalue weighted by atomic mass is 19.4. The summed E-state index contributed by atoms with van der Waals surface area (Å²) in [7, 11) is 6.00. The minimum atomic E-state index is -4.39. The molecule has 0 aromatic heterocycles. The molecule has 0 fully saturated rings. The number of halogens is 3. The van der Waals surface area contributed by atoms with E-state index in [9.17, 15) is 13.2 Å². The van der Waals surface area contributed by atoms with Gasteiger partial charge in [-0.15, -0.1) is 0 Å². The smallest absolute Gasteiger partial charge is 0.416 e. The summed E-state index contributed by atoms with van der Waals surface area (Å²) in [5, 5.41) is 1.11. The number of fused-ring (bicyclic) bond motifs is 4. The van der Waals surface area contributed by atoms with Gasteiger partial charge in [-0.25, -0.2) is 0 Å². The summed E-state index contributed by atoms with van der Waals surface area (Å²) in [5.41, 5.74) is 1.90. The van der Waals surface area contributed by atoms with E-state index in [2.05, 4.69) is 41.8 Å². The number of ether oxygens (including phenoxy) is 1. The van der Waals surface area contributed by atoms with Crippen LogP contribution in [0.25, 0.3) is 10.8 Å². The lowest BCUT2D eigenvalue weighted by molar-refractivity contribution is -0.137. The Balaban J connectivity index is 1.62. The molecule has 1 atom stereocenters. The van der Waals surface area contributed by atoms with Crippen LogP contribution in [0.2, 0.25) is 0 Å². The second-order valence-corrected chi connectivity index (χ2v) is 9.18. The van der Waals surface area contributed by atoms with Gasteiger partial charge in [0, 0.05) is 37.9 Å². The summed E-state index contributed by atoms with van der Waals surface area (Å²) in [4.78, 5) is 8.90.